The van der Waals surface area contributed by atoms with Gasteiger partial charge in [0, 0.05) is 4.90 Å². The Kier molecular flexibility index (Phi) is 3.74. The van der Waals surface area contributed by atoms with Crippen LogP contribution in [0.2, 0.25) is 0 Å². The largest absolute Gasteiger partial charge is 0.507 e. The van der Waals surface area contributed by atoms with Crippen LogP contribution < -0.4 is 0 Å². The third kappa shape index (κ3) is 3.06. The minimum Gasteiger partial charge on any atom is -0.507 e. The average molecular weight is 271 g/mol. The van der Waals surface area contributed by atoms with E-state index in [0.29, 0.717) is 10.5 Å². The summed E-state index contributed by atoms with van der Waals surface area (Å²) in [5.74, 6) is -1.15. The Morgan fingerprint density at radius 2 is 1.84 bits per heavy atom. The number of benzene rings is 2. The van der Waals surface area contributed by atoms with Crippen molar-refractivity contribution in [3.63, 3.8) is 0 Å². The molecule has 4 nitrogen and oxygen atoms in total. The number of phenols is 1. The third-order valence-corrected chi connectivity index (χ3v) is 3.49. The molecule has 0 fully saturated rings. The molecule has 0 heterocycles. The van der Waals surface area contributed by atoms with Crippen LogP contribution >= 0.6 is 11.8 Å². The molecular formula is C14H9NO3S. The van der Waals surface area contributed by atoms with Crippen molar-refractivity contribution in [2.75, 3.05) is 0 Å². The zero-order chi connectivity index (χ0) is 13.8. The van der Waals surface area contributed by atoms with E-state index < -0.39 is 5.97 Å². The Balaban J connectivity index is 2.23. The minimum absolute atomic E-state index is 0.0432. The molecule has 0 atom stereocenters. The summed E-state index contributed by atoms with van der Waals surface area (Å²) in [6, 6.07) is 13.2. The summed E-state index contributed by atoms with van der Waals surface area (Å²) in [6.45, 7) is 0. The Morgan fingerprint density at radius 3 is 2.37 bits per heavy atom. The van der Waals surface area contributed by atoms with Gasteiger partial charge in [-0.1, -0.05) is 11.8 Å². The minimum atomic E-state index is -1.08. The lowest BCUT2D eigenvalue weighted by Crippen LogP contribution is -1.95. The maximum atomic E-state index is 10.7. The quantitative estimate of drug-likeness (QED) is 0.896. The van der Waals surface area contributed by atoms with Crippen LogP contribution in [0, 0.1) is 11.3 Å². The van der Waals surface area contributed by atoms with Gasteiger partial charge >= 0.3 is 5.97 Å². The van der Waals surface area contributed by atoms with Gasteiger partial charge in [-0.2, -0.15) is 5.26 Å². The molecule has 0 bridgehead atoms. The number of aromatic hydroxyl groups is 1. The second-order valence-electron chi connectivity index (χ2n) is 3.73. The number of aromatic carboxylic acids is 1. The summed E-state index contributed by atoms with van der Waals surface area (Å²) in [4.78, 5) is 12.2. The number of hydrogen-bond donors (Lipinski definition) is 2. The van der Waals surface area contributed by atoms with Crippen molar-refractivity contribution in [3.8, 4) is 11.8 Å². The molecule has 2 N–H and O–H groups in total. The fraction of sp³-hybridized carbons (Fsp3) is 0. The van der Waals surface area contributed by atoms with Gasteiger partial charge in [0.15, 0.2) is 0 Å². The molecule has 94 valence electrons. The second kappa shape index (κ2) is 5.46. The molecule has 2 rings (SSSR count). The van der Waals surface area contributed by atoms with E-state index in [0.717, 1.165) is 4.90 Å². The van der Waals surface area contributed by atoms with Gasteiger partial charge in [0.05, 0.1) is 22.1 Å². The lowest BCUT2D eigenvalue weighted by atomic mass is 10.2. The molecule has 0 aromatic heterocycles. The van der Waals surface area contributed by atoms with E-state index in [-0.39, 0.29) is 11.3 Å². The highest BCUT2D eigenvalue weighted by Crippen LogP contribution is 2.34. The van der Waals surface area contributed by atoms with Gasteiger partial charge in [0.1, 0.15) is 5.75 Å². The molecule has 0 saturated carbocycles. The summed E-state index contributed by atoms with van der Waals surface area (Å²) in [5.41, 5.74) is 0.608. The standard InChI is InChI=1S/C14H9NO3S/c15-8-9-1-4-11(5-2-9)19-13-6-3-10(14(17)18)7-12(13)16/h1-7,16H,(H,17,18). The number of phenolic OH excluding ortho intramolecular Hbond substituents is 1. The Morgan fingerprint density at radius 1 is 1.16 bits per heavy atom. The van der Waals surface area contributed by atoms with Crippen molar-refractivity contribution in [2.24, 2.45) is 0 Å². The van der Waals surface area contributed by atoms with Crippen LogP contribution in [0.25, 0.3) is 0 Å². The van der Waals surface area contributed by atoms with E-state index in [1.807, 2.05) is 6.07 Å². The van der Waals surface area contributed by atoms with Gasteiger partial charge < -0.3 is 10.2 Å². The molecule has 2 aromatic carbocycles. The molecule has 0 aliphatic carbocycles. The molecule has 0 aliphatic rings. The molecule has 0 spiro atoms. The van der Waals surface area contributed by atoms with Crippen molar-refractivity contribution >= 4 is 17.7 Å². The fourth-order valence-electron chi connectivity index (χ4n) is 1.46. The monoisotopic (exact) mass is 271 g/mol. The molecule has 2 aromatic rings. The number of nitrogens with zero attached hydrogens (tertiary/aromatic N) is 1. The van der Waals surface area contributed by atoms with Crippen LogP contribution in [0.15, 0.2) is 52.3 Å². The second-order valence-corrected chi connectivity index (χ2v) is 4.84. The summed E-state index contributed by atoms with van der Waals surface area (Å²) in [6.07, 6.45) is 0. The molecule has 5 heteroatoms. The molecule has 0 amide bonds. The van der Waals surface area contributed by atoms with E-state index in [1.165, 1.54) is 23.9 Å². The van der Waals surface area contributed by atoms with Crippen molar-refractivity contribution in [1.82, 2.24) is 0 Å². The van der Waals surface area contributed by atoms with Crippen molar-refractivity contribution < 1.29 is 15.0 Å². The number of nitriles is 1. The van der Waals surface area contributed by atoms with E-state index in [9.17, 15) is 9.90 Å². The van der Waals surface area contributed by atoms with Gasteiger partial charge in [-0.05, 0) is 42.5 Å². The van der Waals surface area contributed by atoms with E-state index in [1.54, 1.807) is 30.3 Å². The van der Waals surface area contributed by atoms with Crippen LogP contribution in [0.1, 0.15) is 15.9 Å². The maximum Gasteiger partial charge on any atom is 0.335 e. The van der Waals surface area contributed by atoms with Crippen molar-refractivity contribution in [1.29, 1.82) is 5.26 Å². The van der Waals surface area contributed by atoms with Crippen LogP contribution in [0.5, 0.6) is 5.75 Å². The molecular weight excluding hydrogens is 262 g/mol. The van der Waals surface area contributed by atoms with Gasteiger partial charge in [0.2, 0.25) is 0 Å². The molecule has 0 unspecified atom stereocenters. The Labute approximate surface area is 113 Å². The normalized spacial score (nSPS) is 9.84. The SMILES string of the molecule is N#Cc1ccc(Sc2ccc(C(=O)O)cc2O)cc1. The lowest BCUT2D eigenvalue weighted by molar-refractivity contribution is 0.0696. The van der Waals surface area contributed by atoms with Crippen LogP contribution in [-0.4, -0.2) is 16.2 Å². The first-order valence-corrected chi connectivity index (χ1v) is 6.16. The van der Waals surface area contributed by atoms with Crippen LogP contribution in [0.3, 0.4) is 0 Å². The summed E-state index contributed by atoms with van der Waals surface area (Å²) < 4.78 is 0. The smallest absolute Gasteiger partial charge is 0.335 e. The molecule has 19 heavy (non-hydrogen) atoms. The zero-order valence-electron chi connectivity index (χ0n) is 9.70. The summed E-state index contributed by atoms with van der Waals surface area (Å²) in [7, 11) is 0. The number of carboxylic acids is 1. The van der Waals surface area contributed by atoms with Crippen molar-refractivity contribution in [2.45, 2.75) is 9.79 Å². The van der Waals surface area contributed by atoms with E-state index >= 15 is 0 Å². The Hall–Kier alpha value is -2.45. The highest BCUT2D eigenvalue weighted by atomic mass is 32.2. The third-order valence-electron chi connectivity index (χ3n) is 2.42. The van der Waals surface area contributed by atoms with Gasteiger partial charge in [-0.15, -0.1) is 0 Å². The van der Waals surface area contributed by atoms with E-state index in [2.05, 4.69) is 0 Å². The highest BCUT2D eigenvalue weighted by molar-refractivity contribution is 7.99. The first-order valence-electron chi connectivity index (χ1n) is 5.34. The zero-order valence-corrected chi connectivity index (χ0v) is 10.5. The first kappa shape index (κ1) is 13.0. The van der Waals surface area contributed by atoms with Crippen LogP contribution in [0.4, 0.5) is 0 Å². The number of hydrogen-bond acceptors (Lipinski definition) is 4. The molecule has 0 aliphatic heterocycles. The predicted octanol–water partition coefficient (Wildman–Crippen LogP) is 3.11. The fourth-order valence-corrected chi connectivity index (χ4v) is 2.29. The lowest BCUT2D eigenvalue weighted by Gasteiger charge is -2.05. The number of carbonyl (C=O) groups is 1. The van der Waals surface area contributed by atoms with Gasteiger partial charge in [-0.3, -0.25) is 0 Å². The predicted molar refractivity (Wildman–Crippen MR) is 70.3 cm³/mol. The Bertz CT molecular complexity index is 659. The van der Waals surface area contributed by atoms with Crippen LogP contribution in [-0.2, 0) is 0 Å². The summed E-state index contributed by atoms with van der Waals surface area (Å²) in [5, 5.41) is 27.3. The van der Waals surface area contributed by atoms with Gasteiger partial charge in [0.25, 0.3) is 0 Å². The number of carboxylic acid groups (broad SMARTS) is 1. The molecule has 0 radical (unpaired) electrons. The topological polar surface area (TPSA) is 81.3 Å². The average Bonchev–Trinajstić information content (AvgIpc) is 2.41. The molecule has 0 saturated heterocycles. The highest BCUT2D eigenvalue weighted by Gasteiger charge is 2.08. The van der Waals surface area contributed by atoms with Crippen molar-refractivity contribution in [3.05, 3.63) is 53.6 Å². The van der Waals surface area contributed by atoms with E-state index in [4.69, 9.17) is 10.4 Å². The maximum absolute atomic E-state index is 10.7. The first-order chi connectivity index (χ1) is 9.10. The van der Waals surface area contributed by atoms with Gasteiger partial charge in [-0.25, -0.2) is 4.79 Å². The summed E-state index contributed by atoms with van der Waals surface area (Å²) >= 11 is 1.30. The number of rotatable bonds is 3.